The zero-order valence-corrected chi connectivity index (χ0v) is 7.63. The highest BCUT2D eigenvalue weighted by Crippen LogP contribution is 2.12. The maximum atomic E-state index is 5.12. The minimum atomic E-state index is 0.248. The molecule has 0 aliphatic carbocycles. The lowest BCUT2D eigenvalue weighted by Gasteiger charge is -1.95. The third-order valence-corrected chi connectivity index (χ3v) is 1.47. The smallest absolute Gasteiger partial charge is 0.287 e. The van der Waals surface area contributed by atoms with E-state index < -0.39 is 0 Å². The van der Waals surface area contributed by atoms with Gasteiger partial charge in [0.1, 0.15) is 0 Å². The summed E-state index contributed by atoms with van der Waals surface area (Å²) in [5.41, 5.74) is 0. The lowest BCUT2D eigenvalue weighted by Crippen LogP contribution is -1.95. The van der Waals surface area contributed by atoms with Gasteiger partial charge in [-0.3, -0.25) is 0 Å². The van der Waals surface area contributed by atoms with Crippen molar-refractivity contribution in [2.75, 3.05) is 7.11 Å². The van der Waals surface area contributed by atoms with Gasteiger partial charge < -0.3 is 9.15 Å². The van der Waals surface area contributed by atoms with Gasteiger partial charge >= 0.3 is 0 Å². The Morgan fingerprint density at radius 1 is 1.21 bits per heavy atom. The number of ether oxygens (including phenoxy) is 1. The average Bonchev–Trinajstić information content (AvgIpc) is 2.65. The van der Waals surface area contributed by atoms with E-state index in [-0.39, 0.29) is 11.7 Å². The van der Waals surface area contributed by atoms with E-state index in [4.69, 9.17) is 9.15 Å². The minimum absolute atomic E-state index is 0.248. The second kappa shape index (κ2) is 3.36. The van der Waals surface area contributed by atoms with Gasteiger partial charge in [-0.1, -0.05) is 0 Å². The number of aromatic nitrogens is 5. The highest BCUT2D eigenvalue weighted by molar-refractivity contribution is 5.37. The molecule has 14 heavy (non-hydrogen) atoms. The van der Waals surface area contributed by atoms with Crippen molar-refractivity contribution in [3.05, 3.63) is 12.1 Å². The van der Waals surface area contributed by atoms with Gasteiger partial charge in [0.05, 0.1) is 13.3 Å². The van der Waals surface area contributed by atoms with E-state index in [2.05, 4.69) is 25.4 Å². The zero-order valence-electron chi connectivity index (χ0n) is 7.63. The summed E-state index contributed by atoms with van der Waals surface area (Å²) in [7, 11) is 1.49. The molecule has 0 bridgehead atoms. The Balaban J connectivity index is 2.33. The molecule has 0 saturated carbocycles. The summed E-state index contributed by atoms with van der Waals surface area (Å²) in [5, 5.41) is 14.9. The highest BCUT2D eigenvalue weighted by Gasteiger charge is 2.09. The molecule has 0 fully saturated rings. The Morgan fingerprint density at radius 3 is 2.57 bits per heavy atom. The van der Waals surface area contributed by atoms with Gasteiger partial charge in [0.2, 0.25) is 11.7 Å². The van der Waals surface area contributed by atoms with E-state index >= 15 is 0 Å². The van der Waals surface area contributed by atoms with Gasteiger partial charge in [-0.15, -0.1) is 20.4 Å². The van der Waals surface area contributed by atoms with Crippen molar-refractivity contribution in [1.82, 2.24) is 25.4 Å². The number of aryl methyl sites for hydroxylation is 1. The third kappa shape index (κ3) is 1.51. The lowest BCUT2D eigenvalue weighted by atomic mass is 10.6. The SMILES string of the molecule is COc1cnc(-c2nnc(C)o2)nn1. The minimum Gasteiger partial charge on any atom is -0.479 e. The molecule has 0 aromatic carbocycles. The average molecular weight is 193 g/mol. The van der Waals surface area contributed by atoms with E-state index in [9.17, 15) is 0 Å². The highest BCUT2D eigenvalue weighted by atomic mass is 16.5. The third-order valence-electron chi connectivity index (χ3n) is 1.47. The van der Waals surface area contributed by atoms with E-state index in [1.54, 1.807) is 6.92 Å². The number of methoxy groups -OCH3 is 1. The fraction of sp³-hybridized carbons (Fsp3) is 0.286. The Morgan fingerprint density at radius 2 is 2.07 bits per heavy atom. The quantitative estimate of drug-likeness (QED) is 0.674. The number of rotatable bonds is 2. The molecule has 0 unspecified atom stereocenters. The zero-order chi connectivity index (χ0) is 9.97. The van der Waals surface area contributed by atoms with Gasteiger partial charge in [-0.25, -0.2) is 4.98 Å². The summed E-state index contributed by atoms with van der Waals surface area (Å²) < 4.78 is 9.92. The van der Waals surface area contributed by atoms with Crippen LogP contribution in [-0.4, -0.2) is 32.5 Å². The van der Waals surface area contributed by atoms with Gasteiger partial charge in [-0.2, -0.15) is 0 Å². The van der Waals surface area contributed by atoms with Crippen LogP contribution >= 0.6 is 0 Å². The van der Waals surface area contributed by atoms with Crippen molar-refractivity contribution in [1.29, 1.82) is 0 Å². The molecule has 7 heteroatoms. The van der Waals surface area contributed by atoms with Crippen LogP contribution in [0, 0.1) is 6.92 Å². The van der Waals surface area contributed by atoms with Crippen molar-refractivity contribution in [3.8, 4) is 17.6 Å². The second-order valence-corrected chi connectivity index (χ2v) is 2.45. The summed E-state index contributed by atoms with van der Waals surface area (Å²) >= 11 is 0. The van der Waals surface area contributed by atoms with Crippen LogP contribution in [-0.2, 0) is 0 Å². The first-order valence-corrected chi connectivity index (χ1v) is 3.84. The molecule has 2 heterocycles. The van der Waals surface area contributed by atoms with Crippen LogP contribution in [0.4, 0.5) is 0 Å². The number of hydrogen-bond acceptors (Lipinski definition) is 7. The van der Waals surface area contributed by atoms with Crippen molar-refractivity contribution in [2.24, 2.45) is 0 Å². The predicted molar refractivity (Wildman–Crippen MR) is 44.4 cm³/mol. The van der Waals surface area contributed by atoms with E-state index in [0.29, 0.717) is 11.8 Å². The first kappa shape index (κ1) is 8.54. The molecule has 0 N–H and O–H groups in total. The Hall–Kier alpha value is -2.05. The maximum Gasteiger partial charge on any atom is 0.287 e. The molecule has 2 aromatic rings. The van der Waals surface area contributed by atoms with Gasteiger partial charge in [0, 0.05) is 6.92 Å². The van der Waals surface area contributed by atoms with Gasteiger partial charge in [-0.05, 0) is 0 Å². The van der Waals surface area contributed by atoms with E-state index in [1.807, 2.05) is 0 Å². The summed E-state index contributed by atoms with van der Waals surface area (Å²) in [6.07, 6.45) is 1.43. The van der Waals surface area contributed by atoms with Crippen LogP contribution in [0.3, 0.4) is 0 Å². The van der Waals surface area contributed by atoms with Gasteiger partial charge in [0.15, 0.2) is 0 Å². The number of hydrogen-bond donors (Lipinski definition) is 0. The predicted octanol–water partition coefficient (Wildman–Crippen LogP) is 0.239. The van der Waals surface area contributed by atoms with Crippen LogP contribution in [0.1, 0.15) is 5.89 Å². The molecule has 0 atom stereocenters. The van der Waals surface area contributed by atoms with Crippen molar-refractivity contribution < 1.29 is 9.15 Å². The molecular formula is C7H7N5O2. The molecule has 0 saturated heterocycles. The molecule has 0 radical (unpaired) electrons. The molecule has 72 valence electrons. The van der Waals surface area contributed by atoms with E-state index in [1.165, 1.54) is 13.3 Å². The fourth-order valence-corrected chi connectivity index (χ4v) is 0.843. The molecule has 2 rings (SSSR count). The topological polar surface area (TPSA) is 86.8 Å². The molecule has 7 nitrogen and oxygen atoms in total. The maximum absolute atomic E-state index is 5.12. The van der Waals surface area contributed by atoms with E-state index in [0.717, 1.165) is 0 Å². The molecule has 0 amide bonds. The Bertz CT molecular complexity index is 424. The van der Waals surface area contributed by atoms with Crippen LogP contribution in [0.15, 0.2) is 10.6 Å². The second-order valence-electron chi connectivity index (χ2n) is 2.45. The Labute approximate surface area is 79.2 Å². The summed E-state index contributed by atoms with van der Waals surface area (Å²) in [6.45, 7) is 1.69. The number of nitrogens with zero attached hydrogens (tertiary/aromatic N) is 5. The van der Waals surface area contributed by atoms with Crippen LogP contribution in [0.5, 0.6) is 5.88 Å². The summed E-state index contributed by atoms with van der Waals surface area (Å²) in [4.78, 5) is 3.94. The van der Waals surface area contributed by atoms with Gasteiger partial charge in [0.25, 0.3) is 11.8 Å². The fourth-order valence-electron chi connectivity index (χ4n) is 0.843. The molecule has 2 aromatic heterocycles. The molecule has 0 aliphatic heterocycles. The molecule has 0 aliphatic rings. The largest absolute Gasteiger partial charge is 0.479 e. The molecule has 0 spiro atoms. The monoisotopic (exact) mass is 193 g/mol. The first-order chi connectivity index (χ1) is 6.79. The van der Waals surface area contributed by atoms with Crippen LogP contribution < -0.4 is 4.74 Å². The standard InChI is InChI=1S/C7H7N5O2/c1-4-9-12-7(14-4)6-8-3-5(13-2)10-11-6/h3H,1-2H3. The van der Waals surface area contributed by atoms with Crippen LogP contribution in [0.2, 0.25) is 0 Å². The van der Waals surface area contributed by atoms with Crippen molar-refractivity contribution in [2.45, 2.75) is 6.92 Å². The summed E-state index contributed by atoms with van der Waals surface area (Å²) in [5.74, 6) is 1.33. The molecular weight excluding hydrogens is 186 g/mol. The first-order valence-electron chi connectivity index (χ1n) is 3.84. The van der Waals surface area contributed by atoms with Crippen molar-refractivity contribution >= 4 is 0 Å². The lowest BCUT2D eigenvalue weighted by molar-refractivity contribution is 0.389. The summed E-state index contributed by atoms with van der Waals surface area (Å²) in [6, 6.07) is 0. The Kier molecular flexibility index (Phi) is 2.05. The van der Waals surface area contributed by atoms with Crippen LogP contribution in [0.25, 0.3) is 11.7 Å². The van der Waals surface area contributed by atoms with Crippen molar-refractivity contribution in [3.63, 3.8) is 0 Å². The normalized spacial score (nSPS) is 10.1.